The van der Waals surface area contributed by atoms with Crippen molar-refractivity contribution in [2.24, 2.45) is 0 Å². The van der Waals surface area contributed by atoms with Gasteiger partial charge >= 0.3 is 70.3 Å². The third-order valence-corrected chi connectivity index (χ3v) is 2.16. The Morgan fingerprint density at radius 3 is 2.50 bits per heavy atom. The van der Waals surface area contributed by atoms with Crippen LogP contribution in [0, 0.1) is 0 Å². The molecule has 0 amide bonds. The molecule has 0 aliphatic carbocycles. The summed E-state index contributed by atoms with van der Waals surface area (Å²) in [4.78, 5) is 0. The Kier molecular flexibility index (Phi) is 3.36. The topological polar surface area (TPSA) is 17.1 Å². The first-order valence-corrected chi connectivity index (χ1v) is 6.35. The van der Waals surface area contributed by atoms with Crippen LogP contribution in [0.1, 0.15) is 5.56 Å². The van der Waals surface area contributed by atoms with Gasteiger partial charge in [0.05, 0.1) is 0 Å². The minimum absolute atomic E-state index is 1.13. The van der Waals surface area contributed by atoms with Gasteiger partial charge in [-0.15, -0.1) is 0 Å². The predicted octanol–water partition coefficient (Wildman–Crippen LogP) is 1.44. The molecule has 0 atom stereocenters. The number of benzene rings is 1. The molecule has 0 bridgehead atoms. The molecule has 0 aliphatic heterocycles. The minimum atomic E-state index is -1.53. The van der Waals surface area contributed by atoms with Crippen molar-refractivity contribution >= 4 is 27.2 Å². The van der Waals surface area contributed by atoms with Gasteiger partial charge in [-0.1, -0.05) is 0 Å². The molecule has 50 valence electrons. The summed E-state index contributed by atoms with van der Waals surface area (Å²) in [6, 6.07) is 9.90. The summed E-state index contributed by atoms with van der Waals surface area (Å²) in [6.45, 7) is 0. The van der Waals surface area contributed by atoms with Crippen molar-refractivity contribution in [2.45, 2.75) is 0 Å². The van der Waals surface area contributed by atoms with E-state index in [4.69, 9.17) is 0 Å². The first-order chi connectivity index (χ1) is 4.93. The molecule has 0 N–H and O–H groups in total. The second-order valence-corrected chi connectivity index (χ2v) is 3.78. The third-order valence-electron chi connectivity index (χ3n) is 1.17. The predicted molar refractivity (Wildman–Crippen MR) is 43.3 cm³/mol. The second kappa shape index (κ2) is 4.39. The molecule has 1 rings (SSSR count). The first kappa shape index (κ1) is 7.66. The van der Waals surface area contributed by atoms with Crippen molar-refractivity contribution in [2.75, 3.05) is 0 Å². The summed E-state index contributed by atoms with van der Waals surface area (Å²) in [6.07, 6.45) is 1.91. The van der Waals surface area contributed by atoms with E-state index < -0.39 is 21.1 Å². The van der Waals surface area contributed by atoms with Gasteiger partial charge in [-0.3, -0.25) is 0 Å². The molecule has 0 spiro atoms. The Hall–Kier alpha value is -0.441. The van der Waals surface area contributed by atoms with Crippen LogP contribution in [0.3, 0.4) is 0 Å². The Balaban J connectivity index is 2.76. The molecule has 1 aromatic carbocycles. The van der Waals surface area contributed by atoms with E-state index in [0.29, 0.717) is 0 Å². The van der Waals surface area contributed by atoms with Crippen LogP contribution >= 0.6 is 0 Å². The number of rotatable bonds is 2. The van der Waals surface area contributed by atoms with Gasteiger partial charge in [0, 0.05) is 0 Å². The molecule has 0 heterocycles. The molecular formula is C8H8OSn. The summed E-state index contributed by atoms with van der Waals surface area (Å²) >= 11 is -1.53. The molecule has 0 fully saturated rings. The van der Waals surface area contributed by atoms with Crippen LogP contribution in [0.15, 0.2) is 34.4 Å². The van der Waals surface area contributed by atoms with E-state index in [1.807, 2.05) is 36.4 Å². The standard InChI is InChI=1S/C8H7.O.Sn.H/c1-2-8-6-4-3-5-7-8;;;/h1-7H;;;. The van der Waals surface area contributed by atoms with Crippen molar-refractivity contribution in [1.29, 1.82) is 0 Å². The van der Waals surface area contributed by atoms with E-state index in [1.54, 1.807) is 4.09 Å². The summed E-state index contributed by atoms with van der Waals surface area (Å²) in [5, 5.41) is 0. The molecule has 2 heteroatoms. The molecule has 1 aromatic rings. The zero-order chi connectivity index (χ0) is 7.23. The fraction of sp³-hybridized carbons (Fsp3) is 0. The van der Waals surface area contributed by atoms with Gasteiger partial charge in [-0.25, -0.2) is 0 Å². The zero-order valence-corrected chi connectivity index (χ0v) is 8.82. The second-order valence-electron chi connectivity index (χ2n) is 1.91. The monoisotopic (exact) mass is 240 g/mol. The number of hydrogen-bond acceptors (Lipinski definition) is 1. The quantitative estimate of drug-likeness (QED) is 0.713. The summed E-state index contributed by atoms with van der Waals surface area (Å²) in [5.74, 6) is 0. The maximum atomic E-state index is 10.2. The molecule has 0 aromatic heterocycles. The van der Waals surface area contributed by atoms with Gasteiger partial charge in [0.25, 0.3) is 0 Å². The van der Waals surface area contributed by atoms with Gasteiger partial charge in [0.15, 0.2) is 0 Å². The van der Waals surface area contributed by atoms with Crippen molar-refractivity contribution in [3.63, 3.8) is 0 Å². The van der Waals surface area contributed by atoms with Crippen molar-refractivity contribution in [3.05, 3.63) is 40.0 Å². The average Bonchev–Trinajstić information content (AvgIpc) is 2.03. The van der Waals surface area contributed by atoms with Crippen LogP contribution in [0.25, 0.3) is 6.08 Å². The van der Waals surface area contributed by atoms with Crippen LogP contribution in [0.5, 0.6) is 0 Å². The Bertz CT molecular complexity index is 228. The molecule has 0 aliphatic rings. The van der Waals surface area contributed by atoms with E-state index in [-0.39, 0.29) is 0 Å². The van der Waals surface area contributed by atoms with Gasteiger partial charge in [-0.05, 0) is 0 Å². The Morgan fingerprint density at radius 1 is 1.20 bits per heavy atom. The summed E-state index contributed by atoms with van der Waals surface area (Å²) < 4.78 is 12.0. The molecule has 0 unspecified atom stereocenters. The Morgan fingerprint density at radius 2 is 1.90 bits per heavy atom. The van der Waals surface area contributed by atoms with Gasteiger partial charge in [0.2, 0.25) is 0 Å². The van der Waals surface area contributed by atoms with Crippen LogP contribution in [-0.2, 0) is 3.08 Å². The van der Waals surface area contributed by atoms with E-state index >= 15 is 0 Å². The molecule has 1 nitrogen and oxygen atoms in total. The van der Waals surface area contributed by atoms with Crippen LogP contribution in [0.2, 0.25) is 0 Å². The summed E-state index contributed by atoms with van der Waals surface area (Å²) in [7, 11) is 0. The fourth-order valence-corrected chi connectivity index (χ4v) is 1.57. The molecule has 0 radical (unpaired) electrons. The van der Waals surface area contributed by atoms with Crippen LogP contribution < -0.4 is 0 Å². The van der Waals surface area contributed by atoms with Crippen molar-refractivity contribution in [1.82, 2.24) is 0 Å². The molecular weight excluding hydrogens is 231 g/mol. The molecule has 10 heavy (non-hydrogen) atoms. The van der Waals surface area contributed by atoms with Gasteiger partial charge < -0.3 is 0 Å². The Labute approximate surface area is 70.4 Å². The van der Waals surface area contributed by atoms with E-state index in [9.17, 15) is 3.08 Å². The molecule has 0 saturated heterocycles. The van der Waals surface area contributed by atoms with E-state index in [1.165, 1.54) is 0 Å². The van der Waals surface area contributed by atoms with Crippen LogP contribution in [-0.4, -0.2) is 21.1 Å². The zero-order valence-electron chi connectivity index (χ0n) is 5.53. The number of hydrogen-bond donors (Lipinski definition) is 0. The normalized spacial score (nSPS) is 10.0. The summed E-state index contributed by atoms with van der Waals surface area (Å²) in [5.41, 5.74) is 1.13. The van der Waals surface area contributed by atoms with Crippen molar-refractivity contribution < 1.29 is 3.08 Å². The molecule has 0 saturated carbocycles. The van der Waals surface area contributed by atoms with E-state index in [0.717, 1.165) is 5.56 Å². The average molecular weight is 239 g/mol. The van der Waals surface area contributed by atoms with Crippen molar-refractivity contribution in [3.8, 4) is 0 Å². The SMILES string of the molecule is [O]=[SnH][CH]=Cc1ccccc1. The van der Waals surface area contributed by atoms with Gasteiger partial charge in [0.1, 0.15) is 0 Å². The fourth-order valence-electron chi connectivity index (χ4n) is 0.715. The third kappa shape index (κ3) is 2.43. The van der Waals surface area contributed by atoms with E-state index in [2.05, 4.69) is 0 Å². The van der Waals surface area contributed by atoms with Crippen LogP contribution in [0.4, 0.5) is 0 Å². The maximum absolute atomic E-state index is 10.2. The first-order valence-electron chi connectivity index (χ1n) is 3.10. The van der Waals surface area contributed by atoms with Gasteiger partial charge in [-0.2, -0.15) is 0 Å².